The lowest BCUT2D eigenvalue weighted by Gasteiger charge is -2.18. The van der Waals surface area contributed by atoms with Crippen molar-refractivity contribution in [2.75, 3.05) is 13.9 Å². The third-order valence-electron chi connectivity index (χ3n) is 5.70. The Morgan fingerprint density at radius 1 is 1.00 bits per heavy atom. The fourth-order valence-corrected chi connectivity index (χ4v) is 4.20. The summed E-state index contributed by atoms with van der Waals surface area (Å²) in [5.74, 6) is -0.425. The molecule has 0 fully saturated rings. The molecule has 0 saturated carbocycles. The zero-order valence-electron chi connectivity index (χ0n) is 16.9. The van der Waals surface area contributed by atoms with Crippen molar-refractivity contribution in [1.82, 2.24) is 0 Å². The molecule has 5 rings (SSSR count). The minimum atomic E-state index is -0.954. The Kier molecular flexibility index (Phi) is 4.82. The fourth-order valence-electron chi connectivity index (χ4n) is 4.20. The van der Waals surface area contributed by atoms with E-state index in [9.17, 15) is 9.59 Å². The molecule has 0 saturated heterocycles. The lowest BCUT2D eigenvalue weighted by molar-refractivity contribution is -0.143. The normalized spacial score (nSPS) is 18.5. The van der Waals surface area contributed by atoms with Gasteiger partial charge in [0, 0.05) is 11.5 Å². The fraction of sp³-hybridized carbons (Fsp3) is 0.200. The molecule has 156 valence electrons. The Hall–Kier alpha value is -3.80. The molecule has 1 aliphatic carbocycles. The highest BCUT2D eigenvalue weighted by Crippen LogP contribution is 2.46. The first-order chi connectivity index (χ1) is 15.2. The summed E-state index contributed by atoms with van der Waals surface area (Å²) in [6.07, 6.45) is 0. The lowest BCUT2D eigenvalue weighted by Crippen LogP contribution is -2.26. The summed E-state index contributed by atoms with van der Waals surface area (Å²) < 4.78 is 21.7. The van der Waals surface area contributed by atoms with E-state index in [1.807, 2.05) is 54.6 Å². The van der Waals surface area contributed by atoms with Crippen LogP contribution in [-0.2, 0) is 16.1 Å². The van der Waals surface area contributed by atoms with Gasteiger partial charge in [-0.2, -0.15) is 0 Å². The Morgan fingerprint density at radius 2 is 1.81 bits per heavy atom. The third kappa shape index (κ3) is 3.40. The van der Waals surface area contributed by atoms with Crippen LogP contribution in [0.5, 0.6) is 17.2 Å². The molecule has 1 heterocycles. The van der Waals surface area contributed by atoms with Crippen molar-refractivity contribution in [3.8, 4) is 17.2 Å². The number of ketones is 1. The van der Waals surface area contributed by atoms with Gasteiger partial charge in [0.05, 0.1) is 7.11 Å². The van der Waals surface area contributed by atoms with Crippen molar-refractivity contribution in [3.05, 3.63) is 89.0 Å². The van der Waals surface area contributed by atoms with Gasteiger partial charge in [0.25, 0.3) is 0 Å². The summed E-state index contributed by atoms with van der Waals surface area (Å²) in [5.41, 5.74) is 3.07. The first kappa shape index (κ1) is 19.2. The van der Waals surface area contributed by atoms with Gasteiger partial charge in [-0.05, 0) is 41.0 Å². The highest BCUT2D eigenvalue weighted by molar-refractivity contribution is 6.14. The van der Waals surface area contributed by atoms with Crippen LogP contribution in [0.1, 0.15) is 33.0 Å². The topological polar surface area (TPSA) is 71.1 Å². The van der Waals surface area contributed by atoms with Crippen LogP contribution in [0.3, 0.4) is 0 Å². The highest BCUT2D eigenvalue weighted by atomic mass is 16.7. The van der Waals surface area contributed by atoms with Crippen LogP contribution >= 0.6 is 0 Å². The number of carbonyl (C=O) groups excluding carboxylic acids is 2. The predicted octanol–water partition coefficient (Wildman–Crippen LogP) is 4.11. The van der Waals surface area contributed by atoms with Crippen molar-refractivity contribution in [1.29, 1.82) is 0 Å². The van der Waals surface area contributed by atoms with Crippen LogP contribution < -0.4 is 14.2 Å². The lowest BCUT2D eigenvalue weighted by atomic mass is 9.85. The maximum Gasteiger partial charge on any atom is 0.317 e. The molecule has 6 nitrogen and oxygen atoms in total. The van der Waals surface area contributed by atoms with Crippen LogP contribution in [0.25, 0.3) is 0 Å². The Morgan fingerprint density at radius 3 is 2.61 bits per heavy atom. The minimum absolute atomic E-state index is 0.154. The maximum atomic E-state index is 13.2. The number of rotatable bonds is 5. The second-order valence-corrected chi connectivity index (χ2v) is 7.48. The van der Waals surface area contributed by atoms with Gasteiger partial charge in [0.2, 0.25) is 6.79 Å². The van der Waals surface area contributed by atoms with Gasteiger partial charge in [0.1, 0.15) is 18.3 Å². The standard InChI is InChI=1S/C25H20O6/c1-28-25(27)23-22(16-7-10-20-21(11-16)31-14-30-20)18-9-8-17(12-19(18)24(23)26)29-13-15-5-3-2-4-6-15/h2-12,22-23H,13-14H2,1H3. The van der Waals surface area contributed by atoms with E-state index in [1.165, 1.54) is 7.11 Å². The molecular formula is C25H20O6. The van der Waals surface area contributed by atoms with E-state index < -0.39 is 17.8 Å². The van der Waals surface area contributed by atoms with Crippen molar-refractivity contribution < 1.29 is 28.5 Å². The van der Waals surface area contributed by atoms with E-state index >= 15 is 0 Å². The number of hydrogen-bond donors (Lipinski definition) is 0. The Labute approximate surface area is 179 Å². The third-order valence-corrected chi connectivity index (χ3v) is 5.70. The number of carbonyl (C=O) groups is 2. The summed E-state index contributed by atoms with van der Waals surface area (Å²) in [7, 11) is 1.30. The largest absolute Gasteiger partial charge is 0.489 e. The molecule has 2 aliphatic rings. The average molecular weight is 416 g/mol. The van der Waals surface area contributed by atoms with Crippen molar-refractivity contribution in [2.45, 2.75) is 12.5 Å². The molecule has 0 spiro atoms. The number of fused-ring (bicyclic) bond motifs is 2. The molecule has 0 bridgehead atoms. The quantitative estimate of drug-likeness (QED) is 0.460. The second-order valence-electron chi connectivity index (χ2n) is 7.48. The zero-order valence-corrected chi connectivity index (χ0v) is 16.9. The van der Waals surface area contributed by atoms with E-state index in [0.717, 1.165) is 16.7 Å². The smallest absolute Gasteiger partial charge is 0.317 e. The van der Waals surface area contributed by atoms with E-state index in [2.05, 4.69) is 0 Å². The maximum absolute atomic E-state index is 13.2. The van der Waals surface area contributed by atoms with Crippen LogP contribution in [0.15, 0.2) is 66.7 Å². The molecular weight excluding hydrogens is 396 g/mol. The number of esters is 1. The van der Waals surface area contributed by atoms with Crippen LogP contribution in [0.2, 0.25) is 0 Å². The van der Waals surface area contributed by atoms with Crippen molar-refractivity contribution in [2.24, 2.45) is 5.92 Å². The molecule has 0 aromatic heterocycles. The van der Waals surface area contributed by atoms with E-state index in [-0.39, 0.29) is 12.6 Å². The number of benzene rings is 3. The van der Waals surface area contributed by atoms with Gasteiger partial charge < -0.3 is 18.9 Å². The number of methoxy groups -OCH3 is 1. The molecule has 1 aliphatic heterocycles. The van der Waals surface area contributed by atoms with Gasteiger partial charge in [-0.15, -0.1) is 0 Å². The van der Waals surface area contributed by atoms with Gasteiger partial charge >= 0.3 is 5.97 Å². The van der Waals surface area contributed by atoms with Crippen molar-refractivity contribution in [3.63, 3.8) is 0 Å². The van der Waals surface area contributed by atoms with Crippen molar-refractivity contribution >= 4 is 11.8 Å². The van der Waals surface area contributed by atoms with Crippen LogP contribution in [0, 0.1) is 5.92 Å². The second kappa shape index (κ2) is 7.80. The summed E-state index contributed by atoms with van der Waals surface area (Å²) >= 11 is 0. The van der Waals surface area contributed by atoms with Crippen LogP contribution in [-0.4, -0.2) is 25.7 Å². The molecule has 2 unspecified atom stereocenters. The van der Waals surface area contributed by atoms with Crippen LogP contribution in [0.4, 0.5) is 0 Å². The molecule has 6 heteroatoms. The predicted molar refractivity (Wildman–Crippen MR) is 111 cm³/mol. The van der Waals surface area contributed by atoms with E-state index in [4.69, 9.17) is 18.9 Å². The molecule has 0 radical (unpaired) electrons. The van der Waals surface area contributed by atoms with Gasteiger partial charge in [-0.3, -0.25) is 9.59 Å². The summed E-state index contributed by atoms with van der Waals surface area (Å²) in [4.78, 5) is 25.8. The average Bonchev–Trinajstić information content (AvgIpc) is 3.39. The van der Waals surface area contributed by atoms with Gasteiger partial charge in [-0.25, -0.2) is 0 Å². The zero-order chi connectivity index (χ0) is 21.4. The Bertz CT molecular complexity index is 1150. The number of hydrogen-bond acceptors (Lipinski definition) is 6. The highest BCUT2D eigenvalue weighted by Gasteiger charge is 2.46. The van der Waals surface area contributed by atoms with E-state index in [0.29, 0.717) is 29.4 Å². The molecule has 0 amide bonds. The summed E-state index contributed by atoms with van der Waals surface area (Å²) in [6, 6.07) is 20.7. The number of ether oxygens (including phenoxy) is 4. The molecule has 31 heavy (non-hydrogen) atoms. The minimum Gasteiger partial charge on any atom is -0.489 e. The SMILES string of the molecule is COC(=O)C1C(=O)c2cc(OCc3ccccc3)ccc2C1c1ccc2c(c1)OCO2. The summed E-state index contributed by atoms with van der Waals surface area (Å²) in [5, 5.41) is 0. The molecule has 2 atom stereocenters. The monoisotopic (exact) mass is 416 g/mol. The number of Topliss-reactive ketones (excluding diaryl/α,β-unsaturated/α-hetero) is 1. The van der Waals surface area contributed by atoms with Gasteiger partial charge in [0.15, 0.2) is 17.3 Å². The molecule has 3 aromatic carbocycles. The molecule has 3 aromatic rings. The summed E-state index contributed by atoms with van der Waals surface area (Å²) in [6.45, 7) is 0.543. The first-order valence-electron chi connectivity index (χ1n) is 9.98. The Balaban J connectivity index is 1.50. The molecule has 0 N–H and O–H groups in total. The van der Waals surface area contributed by atoms with E-state index in [1.54, 1.807) is 12.1 Å². The first-order valence-corrected chi connectivity index (χ1v) is 9.98. The van der Waals surface area contributed by atoms with Gasteiger partial charge in [-0.1, -0.05) is 42.5 Å².